The normalized spacial score (nSPS) is 14.8. The van der Waals surface area contributed by atoms with Gasteiger partial charge in [0.2, 0.25) is 0 Å². The van der Waals surface area contributed by atoms with Crippen LogP contribution in [0.2, 0.25) is 0 Å². The van der Waals surface area contributed by atoms with Crippen LogP contribution in [0.5, 0.6) is 0 Å². The van der Waals surface area contributed by atoms with Crippen LogP contribution in [0.25, 0.3) is 0 Å². The number of nitrogens with zero attached hydrogens (tertiary/aromatic N) is 4. The van der Waals surface area contributed by atoms with Crippen LogP contribution < -0.4 is 10.2 Å². The molecule has 21 heavy (non-hydrogen) atoms. The molecule has 0 spiro atoms. The first-order valence-corrected chi connectivity index (χ1v) is 6.89. The summed E-state index contributed by atoms with van der Waals surface area (Å²) in [6.07, 6.45) is 1.62. The van der Waals surface area contributed by atoms with Gasteiger partial charge in [-0.1, -0.05) is 17.3 Å². The minimum absolute atomic E-state index is 0.229. The van der Waals surface area contributed by atoms with Crippen molar-refractivity contribution in [2.45, 2.75) is 13.0 Å². The average Bonchev–Trinajstić information content (AvgIpc) is 2.89. The standard InChI is InChI=1S/C14H16FN5O/c1-2-19(13-6-4-3-5-11(13)15)14(21)12-9-20(18-17-12)10-7-16-8-10/h3-6,9-10,16H,2,7-8H2,1H3. The molecule has 0 atom stereocenters. The number of carbonyl (C=O) groups excluding carboxylic acids is 1. The molecule has 1 fully saturated rings. The zero-order valence-electron chi connectivity index (χ0n) is 11.7. The third-order valence-corrected chi connectivity index (χ3v) is 3.57. The lowest BCUT2D eigenvalue weighted by atomic mass is 10.2. The van der Waals surface area contributed by atoms with Crippen LogP contribution in [0.3, 0.4) is 0 Å². The number of carbonyl (C=O) groups is 1. The van der Waals surface area contributed by atoms with Crippen LogP contribution in [0.15, 0.2) is 30.5 Å². The summed E-state index contributed by atoms with van der Waals surface area (Å²) in [4.78, 5) is 13.9. The zero-order valence-corrected chi connectivity index (χ0v) is 11.7. The van der Waals surface area contributed by atoms with Crippen molar-refractivity contribution in [3.05, 3.63) is 42.0 Å². The first kappa shape index (κ1) is 13.7. The minimum Gasteiger partial charge on any atom is -0.312 e. The molecule has 1 saturated heterocycles. The van der Waals surface area contributed by atoms with Crippen molar-refractivity contribution in [1.29, 1.82) is 0 Å². The smallest absolute Gasteiger partial charge is 0.280 e. The van der Waals surface area contributed by atoms with Gasteiger partial charge in [-0.15, -0.1) is 5.10 Å². The maximum Gasteiger partial charge on any atom is 0.280 e. The van der Waals surface area contributed by atoms with Crippen molar-refractivity contribution < 1.29 is 9.18 Å². The van der Waals surface area contributed by atoms with Gasteiger partial charge in [-0.25, -0.2) is 9.07 Å². The number of para-hydroxylation sites is 1. The Labute approximate surface area is 121 Å². The van der Waals surface area contributed by atoms with E-state index in [0.29, 0.717) is 6.54 Å². The van der Waals surface area contributed by atoms with Gasteiger partial charge in [0, 0.05) is 19.6 Å². The molecule has 2 aromatic rings. The molecule has 0 bridgehead atoms. The van der Waals surface area contributed by atoms with Crippen LogP contribution in [-0.2, 0) is 0 Å². The fraction of sp³-hybridized carbons (Fsp3) is 0.357. The Morgan fingerprint density at radius 2 is 2.24 bits per heavy atom. The van der Waals surface area contributed by atoms with Crippen molar-refractivity contribution in [3.63, 3.8) is 0 Å². The summed E-state index contributed by atoms with van der Waals surface area (Å²) in [5.41, 5.74) is 0.483. The van der Waals surface area contributed by atoms with Gasteiger partial charge in [0.25, 0.3) is 5.91 Å². The average molecular weight is 289 g/mol. The molecule has 1 aliphatic heterocycles. The van der Waals surface area contributed by atoms with Gasteiger partial charge in [-0.05, 0) is 19.1 Å². The number of benzene rings is 1. The second-order valence-corrected chi connectivity index (χ2v) is 4.90. The van der Waals surface area contributed by atoms with Crippen LogP contribution in [0, 0.1) is 5.82 Å². The molecule has 1 amide bonds. The van der Waals surface area contributed by atoms with Crippen molar-refractivity contribution in [2.24, 2.45) is 0 Å². The fourth-order valence-electron chi connectivity index (χ4n) is 2.25. The lowest BCUT2D eigenvalue weighted by molar-refractivity contribution is 0.0982. The van der Waals surface area contributed by atoms with Crippen LogP contribution >= 0.6 is 0 Å². The first-order chi connectivity index (χ1) is 10.2. The van der Waals surface area contributed by atoms with E-state index in [1.165, 1.54) is 11.0 Å². The Hall–Kier alpha value is -2.28. The Bertz CT molecular complexity index is 652. The van der Waals surface area contributed by atoms with E-state index in [0.717, 1.165) is 13.1 Å². The third-order valence-electron chi connectivity index (χ3n) is 3.57. The minimum atomic E-state index is -0.428. The van der Waals surface area contributed by atoms with Crippen LogP contribution in [0.1, 0.15) is 23.5 Å². The maximum atomic E-state index is 13.9. The summed E-state index contributed by atoms with van der Waals surface area (Å²) in [7, 11) is 0. The molecule has 7 heteroatoms. The van der Waals surface area contributed by atoms with Crippen molar-refractivity contribution in [3.8, 4) is 0 Å². The lowest BCUT2D eigenvalue weighted by Crippen LogP contribution is -2.43. The summed E-state index contributed by atoms with van der Waals surface area (Å²) in [6, 6.07) is 6.45. The summed E-state index contributed by atoms with van der Waals surface area (Å²) < 4.78 is 15.5. The number of hydrogen-bond donors (Lipinski definition) is 1. The SMILES string of the molecule is CCN(C(=O)c1cn(C2CNC2)nn1)c1ccccc1F. The number of hydrogen-bond acceptors (Lipinski definition) is 4. The van der Waals surface area contributed by atoms with E-state index in [4.69, 9.17) is 0 Å². The predicted octanol–water partition coefficient (Wildman–Crippen LogP) is 1.23. The highest BCUT2D eigenvalue weighted by Gasteiger charge is 2.25. The molecule has 1 N–H and O–H groups in total. The van der Waals surface area contributed by atoms with E-state index in [-0.39, 0.29) is 23.3 Å². The van der Waals surface area contributed by atoms with E-state index in [1.54, 1.807) is 36.0 Å². The molecular formula is C14H16FN5O. The highest BCUT2D eigenvalue weighted by molar-refractivity contribution is 6.04. The highest BCUT2D eigenvalue weighted by atomic mass is 19.1. The number of rotatable bonds is 4. The second-order valence-electron chi connectivity index (χ2n) is 4.90. The Balaban J connectivity index is 1.85. The summed E-state index contributed by atoms with van der Waals surface area (Å²) in [5, 5.41) is 11.0. The summed E-state index contributed by atoms with van der Waals surface area (Å²) >= 11 is 0. The first-order valence-electron chi connectivity index (χ1n) is 6.89. The molecule has 1 aliphatic rings. The number of nitrogens with one attached hydrogen (secondary N) is 1. The van der Waals surface area contributed by atoms with Gasteiger partial charge in [0.15, 0.2) is 5.69 Å². The van der Waals surface area contributed by atoms with Crippen molar-refractivity contribution >= 4 is 11.6 Å². The monoisotopic (exact) mass is 289 g/mol. The van der Waals surface area contributed by atoms with E-state index >= 15 is 0 Å². The molecule has 0 unspecified atom stereocenters. The molecule has 6 nitrogen and oxygen atoms in total. The Morgan fingerprint density at radius 3 is 2.86 bits per heavy atom. The van der Waals surface area contributed by atoms with Gasteiger partial charge in [-0.2, -0.15) is 0 Å². The molecule has 1 aromatic heterocycles. The van der Waals surface area contributed by atoms with E-state index in [9.17, 15) is 9.18 Å². The Morgan fingerprint density at radius 1 is 1.48 bits per heavy atom. The summed E-state index contributed by atoms with van der Waals surface area (Å²) in [6.45, 7) is 3.80. The Kier molecular flexibility index (Phi) is 3.66. The quantitative estimate of drug-likeness (QED) is 0.919. The number of amides is 1. The molecule has 110 valence electrons. The molecule has 1 aromatic carbocycles. The van der Waals surface area contributed by atoms with Crippen LogP contribution in [0.4, 0.5) is 10.1 Å². The third kappa shape index (κ3) is 2.52. The zero-order chi connectivity index (χ0) is 14.8. The largest absolute Gasteiger partial charge is 0.312 e. The highest BCUT2D eigenvalue weighted by Crippen LogP contribution is 2.20. The predicted molar refractivity (Wildman–Crippen MR) is 75.7 cm³/mol. The van der Waals surface area contributed by atoms with Crippen molar-refractivity contribution in [1.82, 2.24) is 20.3 Å². The molecule has 3 rings (SSSR count). The number of anilines is 1. The van der Waals surface area contributed by atoms with E-state index in [2.05, 4.69) is 15.6 Å². The topological polar surface area (TPSA) is 63.1 Å². The molecule has 2 heterocycles. The van der Waals surface area contributed by atoms with Gasteiger partial charge in [-0.3, -0.25) is 4.79 Å². The molecular weight excluding hydrogens is 273 g/mol. The lowest BCUT2D eigenvalue weighted by Gasteiger charge is -2.26. The van der Waals surface area contributed by atoms with E-state index < -0.39 is 5.82 Å². The van der Waals surface area contributed by atoms with Gasteiger partial charge in [0.05, 0.1) is 17.9 Å². The van der Waals surface area contributed by atoms with Gasteiger partial charge < -0.3 is 10.2 Å². The van der Waals surface area contributed by atoms with Gasteiger partial charge >= 0.3 is 0 Å². The second kappa shape index (κ2) is 5.61. The fourth-order valence-corrected chi connectivity index (χ4v) is 2.25. The molecule has 0 aliphatic carbocycles. The molecule has 0 radical (unpaired) electrons. The summed E-state index contributed by atoms with van der Waals surface area (Å²) in [5.74, 6) is -0.774. The number of halogens is 1. The van der Waals surface area contributed by atoms with Gasteiger partial charge in [0.1, 0.15) is 5.82 Å². The molecule has 0 saturated carbocycles. The maximum absolute atomic E-state index is 13.9. The van der Waals surface area contributed by atoms with Crippen LogP contribution in [-0.4, -0.2) is 40.5 Å². The van der Waals surface area contributed by atoms with E-state index in [1.807, 2.05) is 0 Å². The number of aromatic nitrogens is 3. The van der Waals surface area contributed by atoms with Crippen molar-refractivity contribution in [2.75, 3.05) is 24.5 Å².